The number of carbonyl (C=O) groups is 1. The first-order valence-electron chi connectivity index (χ1n) is 10.00. The van der Waals surface area contributed by atoms with E-state index in [2.05, 4.69) is 42.5 Å². The highest BCUT2D eigenvalue weighted by atomic mass is 16.1. The lowest BCUT2D eigenvalue weighted by atomic mass is 10.1. The molecule has 7 nitrogen and oxygen atoms in total. The second-order valence-electron chi connectivity index (χ2n) is 7.40. The lowest BCUT2D eigenvalue weighted by Crippen LogP contribution is -2.29. The first-order valence-corrected chi connectivity index (χ1v) is 10.00. The molecule has 1 aliphatic rings. The van der Waals surface area contributed by atoms with E-state index in [1.54, 1.807) is 12.3 Å². The van der Waals surface area contributed by atoms with Gasteiger partial charge in [-0.2, -0.15) is 0 Å². The SMILES string of the molecule is CN(C)CCCNC(=O)c1ccnc(Nc2ccc(N3CCCCC3)cc2)n1. The Balaban J connectivity index is 1.55. The predicted octanol–water partition coefficient (Wildman–Crippen LogP) is 2.89. The van der Waals surface area contributed by atoms with Gasteiger partial charge in [0.05, 0.1) is 0 Å². The zero-order valence-electron chi connectivity index (χ0n) is 16.8. The molecule has 2 N–H and O–H groups in total. The molecular formula is C21H30N6O. The molecular weight excluding hydrogens is 352 g/mol. The lowest BCUT2D eigenvalue weighted by molar-refractivity contribution is 0.0947. The Bertz CT molecular complexity index is 756. The molecule has 0 unspecified atom stereocenters. The molecule has 2 heterocycles. The predicted molar refractivity (Wildman–Crippen MR) is 113 cm³/mol. The van der Waals surface area contributed by atoms with Crippen LogP contribution in [0.2, 0.25) is 0 Å². The fourth-order valence-corrected chi connectivity index (χ4v) is 3.27. The van der Waals surface area contributed by atoms with E-state index in [1.165, 1.54) is 24.9 Å². The van der Waals surface area contributed by atoms with Crippen molar-refractivity contribution in [1.29, 1.82) is 0 Å². The monoisotopic (exact) mass is 382 g/mol. The van der Waals surface area contributed by atoms with Crippen molar-refractivity contribution in [1.82, 2.24) is 20.2 Å². The van der Waals surface area contributed by atoms with Crippen molar-refractivity contribution >= 4 is 23.2 Å². The second-order valence-corrected chi connectivity index (χ2v) is 7.40. The van der Waals surface area contributed by atoms with Gasteiger partial charge in [0.25, 0.3) is 5.91 Å². The summed E-state index contributed by atoms with van der Waals surface area (Å²) in [4.78, 5) is 25.3. The van der Waals surface area contributed by atoms with E-state index in [0.29, 0.717) is 18.2 Å². The van der Waals surface area contributed by atoms with Gasteiger partial charge >= 0.3 is 0 Å². The summed E-state index contributed by atoms with van der Waals surface area (Å²) < 4.78 is 0. The van der Waals surface area contributed by atoms with E-state index < -0.39 is 0 Å². The number of hydrogen-bond donors (Lipinski definition) is 2. The molecule has 2 aromatic rings. The highest BCUT2D eigenvalue weighted by Gasteiger charge is 2.11. The van der Waals surface area contributed by atoms with E-state index in [-0.39, 0.29) is 5.91 Å². The highest BCUT2D eigenvalue weighted by molar-refractivity contribution is 5.92. The quantitative estimate of drug-likeness (QED) is 0.684. The average molecular weight is 383 g/mol. The van der Waals surface area contributed by atoms with Crippen LogP contribution >= 0.6 is 0 Å². The van der Waals surface area contributed by atoms with E-state index in [9.17, 15) is 4.79 Å². The van der Waals surface area contributed by atoms with Crippen molar-refractivity contribution in [2.75, 3.05) is 50.5 Å². The number of benzene rings is 1. The second kappa shape index (κ2) is 10.0. The normalized spacial score (nSPS) is 14.2. The number of nitrogens with one attached hydrogen (secondary N) is 2. The molecule has 0 saturated carbocycles. The Hall–Kier alpha value is -2.67. The summed E-state index contributed by atoms with van der Waals surface area (Å²) in [5.41, 5.74) is 2.52. The first kappa shape index (κ1) is 20.1. The van der Waals surface area contributed by atoms with Gasteiger partial charge in [-0.1, -0.05) is 0 Å². The van der Waals surface area contributed by atoms with Crippen molar-refractivity contribution in [2.45, 2.75) is 25.7 Å². The maximum Gasteiger partial charge on any atom is 0.270 e. The Morgan fingerprint density at radius 2 is 1.86 bits per heavy atom. The molecule has 1 aromatic carbocycles. The maximum atomic E-state index is 12.3. The van der Waals surface area contributed by atoms with Gasteiger partial charge in [0, 0.05) is 37.2 Å². The van der Waals surface area contributed by atoms with Gasteiger partial charge in [-0.3, -0.25) is 4.79 Å². The number of piperidine rings is 1. The highest BCUT2D eigenvalue weighted by Crippen LogP contribution is 2.22. The molecule has 0 bridgehead atoms. The first-order chi connectivity index (χ1) is 13.6. The van der Waals surface area contributed by atoms with Crippen LogP contribution in [0.15, 0.2) is 36.5 Å². The summed E-state index contributed by atoms with van der Waals surface area (Å²) in [6, 6.07) is 9.93. The van der Waals surface area contributed by atoms with Gasteiger partial charge in [-0.25, -0.2) is 9.97 Å². The van der Waals surface area contributed by atoms with Crippen molar-refractivity contribution in [3.63, 3.8) is 0 Å². The van der Waals surface area contributed by atoms with Crippen LogP contribution in [0.3, 0.4) is 0 Å². The molecule has 28 heavy (non-hydrogen) atoms. The molecule has 7 heteroatoms. The Kier molecular flexibility index (Phi) is 7.19. The van der Waals surface area contributed by atoms with Gasteiger partial charge in [0.1, 0.15) is 5.69 Å². The van der Waals surface area contributed by atoms with Crippen molar-refractivity contribution in [3.05, 3.63) is 42.2 Å². The minimum atomic E-state index is -0.176. The number of carbonyl (C=O) groups excluding carboxylic acids is 1. The fraction of sp³-hybridized carbons (Fsp3) is 0.476. The zero-order chi connectivity index (χ0) is 19.8. The standard InChI is InChI=1S/C21H30N6O/c1-26(2)14-6-12-22-20(28)19-11-13-23-21(25-19)24-17-7-9-18(10-8-17)27-15-4-3-5-16-27/h7-11,13H,3-6,12,14-16H2,1-2H3,(H,22,28)(H,23,24,25). The molecule has 1 fully saturated rings. The van der Waals surface area contributed by atoms with Crippen LogP contribution in [0, 0.1) is 0 Å². The molecule has 150 valence electrons. The molecule has 3 rings (SSSR count). The zero-order valence-corrected chi connectivity index (χ0v) is 16.8. The summed E-state index contributed by atoms with van der Waals surface area (Å²) in [5, 5.41) is 6.08. The van der Waals surface area contributed by atoms with Crippen LogP contribution in [0.1, 0.15) is 36.2 Å². The summed E-state index contributed by atoms with van der Waals surface area (Å²) in [7, 11) is 4.03. The molecule has 1 aliphatic heterocycles. The van der Waals surface area contributed by atoms with Gasteiger partial charge in [-0.05, 0) is 76.7 Å². The van der Waals surface area contributed by atoms with Crippen molar-refractivity contribution in [2.24, 2.45) is 0 Å². The van der Waals surface area contributed by atoms with Crippen LogP contribution in [0.5, 0.6) is 0 Å². The third kappa shape index (κ3) is 5.92. The van der Waals surface area contributed by atoms with E-state index >= 15 is 0 Å². The molecule has 1 saturated heterocycles. The largest absolute Gasteiger partial charge is 0.372 e. The van der Waals surface area contributed by atoms with E-state index in [1.807, 2.05) is 26.2 Å². The van der Waals surface area contributed by atoms with Crippen LogP contribution in [0.25, 0.3) is 0 Å². The Morgan fingerprint density at radius 1 is 1.11 bits per heavy atom. The van der Waals surface area contributed by atoms with Gasteiger partial charge in [0.2, 0.25) is 5.95 Å². The van der Waals surface area contributed by atoms with E-state index in [4.69, 9.17) is 0 Å². The summed E-state index contributed by atoms with van der Waals surface area (Å²) in [6.45, 7) is 3.81. The minimum absolute atomic E-state index is 0.176. The van der Waals surface area contributed by atoms with Crippen LogP contribution < -0.4 is 15.5 Å². The number of hydrogen-bond acceptors (Lipinski definition) is 6. The number of aromatic nitrogens is 2. The topological polar surface area (TPSA) is 73.4 Å². The van der Waals surface area contributed by atoms with Crippen molar-refractivity contribution in [3.8, 4) is 0 Å². The number of anilines is 3. The smallest absolute Gasteiger partial charge is 0.270 e. The minimum Gasteiger partial charge on any atom is -0.372 e. The van der Waals surface area contributed by atoms with Gasteiger partial charge in [0.15, 0.2) is 0 Å². The van der Waals surface area contributed by atoms with Crippen molar-refractivity contribution < 1.29 is 4.79 Å². The van der Waals surface area contributed by atoms with Crippen LogP contribution in [-0.2, 0) is 0 Å². The number of nitrogens with zero attached hydrogens (tertiary/aromatic N) is 4. The van der Waals surface area contributed by atoms with Crippen LogP contribution in [0.4, 0.5) is 17.3 Å². The Morgan fingerprint density at radius 3 is 2.57 bits per heavy atom. The van der Waals surface area contributed by atoms with Gasteiger partial charge < -0.3 is 20.4 Å². The third-order valence-electron chi connectivity index (χ3n) is 4.80. The number of amides is 1. The van der Waals surface area contributed by atoms with E-state index in [0.717, 1.165) is 31.7 Å². The summed E-state index contributed by atoms with van der Waals surface area (Å²) in [5.74, 6) is 0.247. The average Bonchev–Trinajstić information content (AvgIpc) is 2.72. The fourth-order valence-electron chi connectivity index (χ4n) is 3.27. The Labute approximate surface area is 167 Å². The molecule has 0 atom stereocenters. The molecule has 0 aliphatic carbocycles. The molecule has 1 amide bonds. The molecule has 0 spiro atoms. The maximum absolute atomic E-state index is 12.3. The molecule has 0 radical (unpaired) electrons. The van der Waals surface area contributed by atoms with Crippen LogP contribution in [-0.4, -0.2) is 61.0 Å². The summed E-state index contributed by atoms with van der Waals surface area (Å²) >= 11 is 0. The van der Waals surface area contributed by atoms with Gasteiger partial charge in [-0.15, -0.1) is 0 Å². The molecule has 1 aromatic heterocycles. The summed E-state index contributed by atoms with van der Waals surface area (Å²) in [6.07, 6.45) is 6.35. The number of rotatable bonds is 8. The lowest BCUT2D eigenvalue weighted by Gasteiger charge is -2.28. The third-order valence-corrected chi connectivity index (χ3v) is 4.80.